The van der Waals surface area contributed by atoms with Crippen LogP contribution in [-0.2, 0) is 25.8 Å². The molecule has 3 unspecified atom stereocenters. The number of aromatic nitrogens is 1. The van der Waals surface area contributed by atoms with E-state index in [1.165, 1.54) is 41.3 Å². The highest BCUT2D eigenvalue weighted by molar-refractivity contribution is 8.10. The van der Waals surface area contributed by atoms with Gasteiger partial charge < -0.3 is 30.1 Å². The highest BCUT2D eigenvalue weighted by Crippen LogP contribution is 2.36. The van der Waals surface area contributed by atoms with Crippen LogP contribution < -0.4 is 25.4 Å². The Hall–Kier alpha value is -3.47. The molecule has 1 fully saturated rings. The zero-order chi connectivity index (χ0) is 26.0. The van der Waals surface area contributed by atoms with Crippen LogP contribution in [0, 0.1) is 0 Å². The Labute approximate surface area is 212 Å². The molecular weight excluding hydrogens is 514 g/mol. The van der Waals surface area contributed by atoms with Crippen molar-refractivity contribution in [1.29, 1.82) is 0 Å². The summed E-state index contributed by atoms with van der Waals surface area (Å²) in [5.41, 5.74) is 7.99. The molecule has 36 heavy (non-hydrogen) atoms. The average Bonchev–Trinajstić information content (AvgIpc) is 3.29. The summed E-state index contributed by atoms with van der Waals surface area (Å²) in [6.45, 7) is 1.68. The van der Waals surface area contributed by atoms with E-state index in [0.717, 1.165) is 17.5 Å². The van der Waals surface area contributed by atoms with Gasteiger partial charge in [0, 0.05) is 35.2 Å². The zero-order valence-electron chi connectivity index (χ0n) is 18.7. The SMILES string of the molecule is CC(ON=C(C(=O)NC1C(=O)N2C=C(C[n+]3ccc(C(=O)[O-])cc3)CS[C@H]12)C1(N)N=CSN1)C(=O)O. The van der Waals surface area contributed by atoms with E-state index in [-0.39, 0.29) is 16.8 Å². The van der Waals surface area contributed by atoms with Gasteiger partial charge in [-0.1, -0.05) is 5.16 Å². The number of aliphatic carboxylic acids is 1. The first-order chi connectivity index (χ1) is 17.1. The molecule has 1 saturated heterocycles. The molecule has 3 aliphatic rings. The molecule has 16 heteroatoms. The number of pyridine rings is 1. The Morgan fingerprint density at radius 2 is 2.19 bits per heavy atom. The van der Waals surface area contributed by atoms with Crippen LogP contribution in [0.2, 0.25) is 0 Å². The number of carbonyl (C=O) groups excluding carboxylic acids is 3. The van der Waals surface area contributed by atoms with Crippen LogP contribution in [-0.4, -0.2) is 74.1 Å². The van der Waals surface area contributed by atoms with Gasteiger partial charge in [-0.05, 0) is 18.9 Å². The lowest BCUT2D eigenvalue weighted by molar-refractivity contribution is -0.689. The lowest BCUT2D eigenvalue weighted by atomic mass is 10.1. The van der Waals surface area contributed by atoms with Crippen LogP contribution in [0.1, 0.15) is 17.3 Å². The minimum Gasteiger partial charge on any atom is -0.545 e. The fraction of sp³-hybridized carbons (Fsp3) is 0.350. The van der Waals surface area contributed by atoms with Crippen molar-refractivity contribution in [2.75, 3.05) is 5.75 Å². The molecule has 14 nitrogen and oxygen atoms in total. The molecule has 0 radical (unpaired) electrons. The normalized spacial score (nSPS) is 25.9. The standard InChI is InChI=1S/C20H21N7O7S2/c1-10(18(30)31)34-24-14(20(21)22-9-36-25-20)15(28)23-13-16(29)27-7-11(8-35-17(13)27)6-26-4-2-12(3-5-26)19(32)33/h2-5,7,9-10,13,17,25H,6,8,21H2,1H3,(H2-,23,28,30,31,32,33)/t10?,13?,17-,20?/m1/s1. The maximum Gasteiger partial charge on any atom is 0.347 e. The van der Waals surface area contributed by atoms with Gasteiger partial charge in [-0.3, -0.25) is 15.3 Å². The molecule has 0 bridgehead atoms. The van der Waals surface area contributed by atoms with Gasteiger partial charge >= 0.3 is 5.97 Å². The summed E-state index contributed by atoms with van der Waals surface area (Å²) in [5, 5.41) is 25.8. The van der Waals surface area contributed by atoms with Gasteiger partial charge in [0.15, 0.2) is 18.9 Å². The second kappa shape index (κ2) is 10.3. The molecule has 4 heterocycles. The number of amides is 2. The van der Waals surface area contributed by atoms with E-state index in [0.29, 0.717) is 12.3 Å². The Bertz CT molecular complexity index is 1190. The predicted octanol–water partition coefficient (Wildman–Crippen LogP) is -2.64. The number of rotatable bonds is 9. The number of nitrogens with one attached hydrogen (secondary N) is 2. The van der Waals surface area contributed by atoms with E-state index in [9.17, 15) is 24.3 Å². The highest BCUT2D eigenvalue weighted by atomic mass is 32.2. The Kier molecular flexibility index (Phi) is 7.30. The van der Waals surface area contributed by atoms with Crippen molar-refractivity contribution in [1.82, 2.24) is 14.9 Å². The van der Waals surface area contributed by atoms with Gasteiger partial charge in [-0.15, -0.1) is 11.8 Å². The molecule has 0 aromatic carbocycles. The number of carboxylic acids is 2. The van der Waals surface area contributed by atoms with Crippen molar-refractivity contribution in [2.24, 2.45) is 15.9 Å². The van der Waals surface area contributed by atoms with Crippen molar-refractivity contribution in [2.45, 2.75) is 36.8 Å². The van der Waals surface area contributed by atoms with Crippen molar-refractivity contribution < 1.29 is 38.8 Å². The molecular formula is C20H21N7O7S2. The summed E-state index contributed by atoms with van der Waals surface area (Å²) >= 11 is 2.45. The predicted molar refractivity (Wildman–Crippen MR) is 126 cm³/mol. The van der Waals surface area contributed by atoms with E-state index in [2.05, 4.69) is 20.2 Å². The number of carboxylic acid groups (broad SMARTS) is 2. The molecule has 0 spiro atoms. The lowest BCUT2D eigenvalue weighted by Gasteiger charge is -2.47. The molecule has 0 saturated carbocycles. The fourth-order valence-corrected chi connectivity index (χ4v) is 5.26. The zero-order valence-corrected chi connectivity index (χ0v) is 20.3. The van der Waals surface area contributed by atoms with E-state index in [1.807, 2.05) is 0 Å². The summed E-state index contributed by atoms with van der Waals surface area (Å²) in [7, 11) is 0. The second-order valence-corrected chi connectivity index (χ2v) is 9.73. The van der Waals surface area contributed by atoms with Crippen molar-refractivity contribution in [3.63, 3.8) is 0 Å². The quantitative estimate of drug-likeness (QED) is 0.0846. The molecule has 1 aromatic rings. The van der Waals surface area contributed by atoms with Gasteiger partial charge in [-0.2, -0.15) is 0 Å². The summed E-state index contributed by atoms with van der Waals surface area (Å²) in [6, 6.07) is 2.00. The van der Waals surface area contributed by atoms with Crippen molar-refractivity contribution in [3.05, 3.63) is 41.9 Å². The second-order valence-electron chi connectivity index (χ2n) is 7.98. The lowest BCUT2D eigenvalue weighted by Crippen LogP contribution is -2.70. The number of oxime groups is 1. The van der Waals surface area contributed by atoms with Gasteiger partial charge in [0.2, 0.25) is 17.6 Å². The first kappa shape index (κ1) is 25.6. The third kappa shape index (κ3) is 5.20. The van der Waals surface area contributed by atoms with Crippen molar-refractivity contribution in [3.8, 4) is 0 Å². The maximum atomic E-state index is 13.0. The van der Waals surface area contributed by atoms with E-state index in [1.54, 1.807) is 23.2 Å². The summed E-state index contributed by atoms with van der Waals surface area (Å²) in [6.07, 6.45) is 3.58. The summed E-state index contributed by atoms with van der Waals surface area (Å²) in [5.74, 6) is -4.93. The average molecular weight is 536 g/mol. The molecule has 2 amide bonds. The first-order valence-corrected chi connectivity index (χ1v) is 12.4. The van der Waals surface area contributed by atoms with Gasteiger partial charge in [-0.25, -0.2) is 19.1 Å². The minimum atomic E-state index is -1.77. The molecule has 5 N–H and O–H groups in total. The number of aliphatic imine (C=N–C) groups is 1. The van der Waals surface area contributed by atoms with E-state index in [4.69, 9.17) is 15.7 Å². The number of nitrogens with two attached hydrogens (primary N) is 1. The number of hydrogen-bond acceptors (Lipinski definition) is 12. The third-order valence-corrected chi connectivity index (χ3v) is 7.41. The first-order valence-electron chi connectivity index (χ1n) is 10.5. The van der Waals surface area contributed by atoms with E-state index >= 15 is 0 Å². The minimum absolute atomic E-state index is 0.0666. The van der Waals surface area contributed by atoms with Crippen LogP contribution in [0.3, 0.4) is 0 Å². The molecule has 3 aliphatic heterocycles. The molecule has 4 rings (SSSR count). The number of fused-ring (bicyclic) bond motifs is 1. The van der Waals surface area contributed by atoms with Crippen LogP contribution in [0.25, 0.3) is 0 Å². The van der Waals surface area contributed by atoms with Gasteiger partial charge in [0.25, 0.3) is 11.8 Å². The third-order valence-electron chi connectivity index (χ3n) is 5.39. The Morgan fingerprint density at radius 3 is 2.81 bits per heavy atom. The molecule has 0 aliphatic carbocycles. The molecule has 4 atom stereocenters. The molecule has 1 aromatic heterocycles. The number of aromatic carboxylic acids is 1. The largest absolute Gasteiger partial charge is 0.545 e. The number of carbonyl (C=O) groups is 4. The maximum absolute atomic E-state index is 13.0. The van der Waals surface area contributed by atoms with E-state index < -0.39 is 41.5 Å². The number of hydrogen-bond donors (Lipinski definition) is 4. The van der Waals surface area contributed by atoms with Crippen LogP contribution in [0.5, 0.6) is 0 Å². The van der Waals surface area contributed by atoms with Crippen LogP contribution in [0.15, 0.2) is 46.4 Å². The number of β-lactam (4-membered cyclic amide) rings is 1. The smallest absolute Gasteiger partial charge is 0.347 e. The highest BCUT2D eigenvalue weighted by Gasteiger charge is 2.51. The van der Waals surface area contributed by atoms with Crippen molar-refractivity contribution >= 4 is 58.7 Å². The van der Waals surface area contributed by atoms with Gasteiger partial charge in [0.05, 0.1) is 11.5 Å². The number of thioether (sulfide) groups is 1. The molecule has 190 valence electrons. The van der Waals surface area contributed by atoms with Crippen LogP contribution >= 0.6 is 23.7 Å². The monoisotopic (exact) mass is 535 g/mol. The topological polar surface area (TPSA) is 203 Å². The summed E-state index contributed by atoms with van der Waals surface area (Å²) in [4.78, 5) is 58.1. The fourth-order valence-electron chi connectivity index (χ4n) is 3.41. The summed E-state index contributed by atoms with van der Waals surface area (Å²) < 4.78 is 4.46. The Morgan fingerprint density at radius 1 is 1.47 bits per heavy atom. The number of nitrogens with zero attached hydrogens (tertiary/aromatic N) is 4. The van der Waals surface area contributed by atoms with Gasteiger partial charge in [0.1, 0.15) is 11.4 Å². The van der Waals surface area contributed by atoms with Crippen LogP contribution in [0.4, 0.5) is 0 Å². The Balaban J connectivity index is 1.42.